The lowest BCUT2D eigenvalue weighted by atomic mass is 10.0. The minimum atomic E-state index is -3.31. The predicted octanol–water partition coefficient (Wildman–Crippen LogP) is 1.30. The molecule has 5 nitrogen and oxygen atoms in total. The highest BCUT2D eigenvalue weighted by Gasteiger charge is 2.30. The first-order valence-electron chi connectivity index (χ1n) is 6.75. The molecule has 1 aromatic rings. The van der Waals surface area contributed by atoms with E-state index in [2.05, 4.69) is 5.32 Å². The van der Waals surface area contributed by atoms with Gasteiger partial charge in [0, 0.05) is 26.8 Å². The van der Waals surface area contributed by atoms with Gasteiger partial charge < -0.3 is 14.8 Å². The molecule has 2 atom stereocenters. The van der Waals surface area contributed by atoms with Crippen molar-refractivity contribution in [3.05, 3.63) is 29.6 Å². The summed E-state index contributed by atoms with van der Waals surface area (Å²) in [5.41, 5.74) is 0.494. The molecule has 118 valence electrons. The fourth-order valence-corrected chi connectivity index (χ4v) is 4.10. The van der Waals surface area contributed by atoms with Crippen molar-refractivity contribution >= 4 is 9.84 Å². The minimum absolute atomic E-state index is 0.0607. The number of hydrogen-bond acceptors (Lipinski definition) is 5. The lowest BCUT2D eigenvalue weighted by molar-refractivity contribution is 0.0272. The summed E-state index contributed by atoms with van der Waals surface area (Å²) in [6, 6.07) is 3.62. The van der Waals surface area contributed by atoms with Gasteiger partial charge in [-0.3, -0.25) is 0 Å². The molecule has 0 amide bonds. The Labute approximate surface area is 124 Å². The Kier molecular flexibility index (Phi) is 5.32. The fraction of sp³-hybridized carbons (Fsp3) is 0.571. The van der Waals surface area contributed by atoms with E-state index < -0.39 is 15.7 Å². The van der Waals surface area contributed by atoms with Gasteiger partial charge in [0.15, 0.2) is 9.84 Å². The molecule has 0 bridgehead atoms. The van der Waals surface area contributed by atoms with Crippen LogP contribution in [0.1, 0.15) is 18.0 Å². The molecule has 0 fully saturated rings. The number of sulfone groups is 1. The first-order valence-corrected chi connectivity index (χ1v) is 8.40. The summed E-state index contributed by atoms with van der Waals surface area (Å²) < 4.78 is 47.8. The zero-order chi connectivity index (χ0) is 15.5. The van der Waals surface area contributed by atoms with E-state index >= 15 is 0 Å². The van der Waals surface area contributed by atoms with Gasteiger partial charge in [-0.15, -0.1) is 0 Å². The van der Waals surface area contributed by atoms with Crippen molar-refractivity contribution in [3.8, 4) is 0 Å². The Morgan fingerprint density at radius 3 is 2.86 bits per heavy atom. The third-order valence-corrected chi connectivity index (χ3v) is 5.45. The third-order valence-electron chi connectivity index (χ3n) is 3.64. The number of ether oxygens (including phenoxy) is 2. The maximum Gasteiger partial charge on any atom is 0.178 e. The summed E-state index contributed by atoms with van der Waals surface area (Å²) in [5, 5.41) is 3.24. The van der Waals surface area contributed by atoms with Crippen LogP contribution in [0.15, 0.2) is 23.1 Å². The molecule has 2 rings (SSSR count). The van der Waals surface area contributed by atoms with Crippen molar-refractivity contribution in [2.75, 3.05) is 33.1 Å². The van der Waals surface area contributed by atoms with Crippen LogP contribution in [-0.4, -0.2) is 47.6 Å². The van der Waals surface area contributed by atoms with Crippen LogP contribution in [0.2, 0.25) is 0 Å². The van der Waals surface area contributed by atoms with E-state index in [1.54, 1.807) is 14.2 Å². The van der Waals surface area contributed by atoms with Crippen LogP contribution < -0.4 is 5.32 Å². The van der Waals surface area contributed by atoms with Crippen molar-refractivity contribution in [2.24, 2.45) is 0 Å². The van der Waals surface area contributed by atoms with E-state index in [-0.39, 0.29) is 22.8 Å². The average Bonchev–Trinajstić information content (AvgIpc) is 2.44. The van der Waals surface area contributed by atoms with Crippen LogP contribution in [0.3, 0.4) is 0 Å². The second kappa shape index (κ2) is 6.83. The fourth-order valence-electron chi connectivity index (χ4n) is 2.50. The highest BCUT2D eigenvalue weighted by molar-refractivity contribution is 7.91. The Hall–Kier alpha value is -1.02. The topological polar surface area (TPSA) is 64.6 Å². The molecule has 0 saturated heterocycles. The summed E-state index contributed by atoms with van der Waals surface area (Å²) in [5.74, 6) is -0.372. The summed E-state index contributed by atoms with van der Waals surface area (Å²) in [6.07, 6.45) is 0.285. The lowest BCUT2D eigenvalue weighted by Gasteiger charge is -2.28. The molecule has 21 heavy (non-hydrogen) atoms. The molecule has 0 aliphatic carbocycles. The Morgan fingerprint density at radius 2 is 2.19 bits per heavy atom. The van der Waals surface area contributed by atoms with Gasteiger partial charge >= 0.3 is 0 Å². The molecule has 1 aromatic carbocycles. The van der Waals surface area contributed by atoms with Crippen LogP contribution in [-0.2, 0) is 19.3 Å². The van der Waals surface area contributed by atoms with Gasteiger partial charge in [-0.2, -0.15) is 0 Å². The number of halogens is 1. The molecular weight excluding hydrogens is 297 g/mol. The standard InChI is InChI=1S/C14H20FNO4S/c1-19-9-11(20-2)8-16-13-5-6-21(17,18)14-4-3-10(15)7-12(13)14/h3-4,7,11,13,16H,5-6,8-9H2,1-2H3. The molecule has 1 aliphatic rings. The summed E-state index contributed by atoms with van der Waals surface area (Å²) in [7, 11) is -0.134. The molecule has 1 heterocycles. The second-order valence-corrected chi connectivity index (χ2v) is 7.14. The third kappa shape index (κ3) is 3.79. The molecule has 0 spiro atoms. The molecular formula is C14H20FNO4S. The van der Waals surface area contributed by atoms with Crippen molar-refractivity contribution in [2.45, 2.75) is 23.5 Å². The quantitative estimate of drug-likeness (QED) is 0.801. The highest BCUT2D eigenvalue weighted by Crippen LogP contribution is 2.32. The van der Waals surface area contributed by atoms with Gasteiger partial charge in [0.25, 0.3) is 0 Å². The van der Waals surface area contributed by atoms with E-state index in [4.69, 9.17) is 9.47 Å². The maximum atomic E-state index is 13.4. The normalized spacial score (nSPS) is 21.8. The molecule has 0 radical (unpaired) electrons. The maximum absolute atomic E-state index is 13.4. The van der Waals surface area contributed by atoms with Crippen molar-refractivity contribution in [3.63, 3.8) is 0 Å². The smallest absolute Gasteiger partial charge is 0.178 e. The first-order chi connectivity index (χ1) is 9.97. The minimum Gasteiger partial charge on any atom is -0.382 e. The van der Waals surface area contributed by atoms with Crippen molar-refractivity contribution < 1.29 is 22.3 Å². The van der Waals surface area contributed by atoms with E-state index in [0.717, 1.165) is 0 Å². The SMILES string of the molecule is COCC(CNC1CCS(=O)(=O)c2ccc(F)cc21)OC. The Morgan fingerprint density at radius 1 is 1.43 bits per heavy atom. The van der Waals surface area contributed by atoms with Gasteiger partial charge in [0.05, 0.1) is 23.4 Å². The van der Waals surface area contributed by atoms with Crippen LogP contribution in [0.5, 0.6) is 0 Å². The first kappa shape index (κ1) is 16.4. The Bertz CT molecular complexity index is 591. The van der Waals surface area contributed by atoms with E-state index in [1.165, 1.54) is 18.2 Å². The number of rotatable bonds is 6. The molecule has 1 aliphatic heterocycles. The van der Waals surface area contributed by atoms with Crippen molar-refractivity contribution in [1.82, 2.24) is 5.32 Å². The van der Waals surface area contributed by atoms with Crippen molar-refractivity contribution in [1.29, 1.82) is 0 Å². The van der Waals surface area contributed by atoms with Crippen LogP contribution in [0.4, 0.5) is 4.39 Å². The number of benzene rings is 1. The zero-order valence-electron chi connectivity index (χ0n) is 12.1. The molecule has 0 saturated carbocycles. The van der Waals surface area contributed by atoms with Gasteiger partial charge in [0.2, 0.25) is 0 Å². The zero-order valence-corrected chi connectivity index (χ0v) is 13.0. The lowest BCUT2D eigenvalue weighted by Crippen LogP contribution is -2.37. The van der Waals surface area contributed by atoms with E-state index in [1.807, 2.05) is 0 Å². The Balaban J connectivity index is 2.18. The average molecular weight is 317 g/mol. The van der Waals surface area contributed by atoms with Gasteiger partial charge in [-0.1, -0.05) is 0 Å². The van der Waals surface area contributed by atoms with Crippen LogP contribution in [0.25, 0.3) is 0 Å². The number of fused-ring (bicyclic) bond motifs is 1. The van der Waals surface area contributed by atoms with E-state index in [9.17, 15) is 12.8 Å². The van der Waals surface area contributed by atoms with Gasteiger partial charge in [-0.05, 0) is 30.2 Å². The molecule has 2 unspecified atom stereocenters. The van der Waals surface area contributed by atoms with Crippen LogP contribution >= 0.6 is 0 Å². The number of nitrogens with one attached hydrogen (secondary N) is 1. The second-order valence-electron chi connectivity index (χ2n) is 5.06. The predicted molar refractivity (Wildman–Crippen MR) is 76.5 cm³/mol. The van der Waals surface area contributed by atoms with Gasteiger partial charge in [-0.25, -0.2) is 12.8 Å². The van der Waals surface area contributed by atoms with E-state index in [0.29, 0.717) is 25.1 Å². The molecule has 7 heteroatoms. The summed E-state index contributed by atoms with van der Waals surface area (Å²) in [6.45, 7) is 0.940. The molecule has 1 N–H and O–H groups in total. The molecule has 0 aromatic heterocycles. The van der Waals surface area contributed by atoms with Crippen LogP contribution in [0, 0.1) is 5.82 Å². The number of methoxy groups -OCH3 is 2. The summed E-state index contributed by atoms with van der Waals surface area (Å²) in [4.78, 5) is 0.216. The highest BCUT2D eigenvalue weighted by atomic mass is 32.2. The largest absolute Gasteiger partial charge is 0.382 e. The number of hydrogen-bond donors (Lipinski definition) is 1. The van der Waals surface area contributed by atoms with Gasteiger partial charge in [0.1, 0.15) is 5.82 Å². The monoisotopic (exact) mass is 317 g/mol. The summed E-state index contributed by atoms with van der Waals surface area (Å²) >= 11 is 0.